The van der Waals surface area contributed by atoms with Crippen molar-refractivity contribution in [3.63, 3.8) is 0 Å². The fraction of sp³-hybridized carbons (Fsp3) is 0.333. The quantitative estimate of drug-likeness (QED) is 0.861. The van der Waals surface area contributed by atoms with Crippen LogP contribution in [0.3, 0.4) is 0 Å². The molecule has 0 bridgehead atoms. The number of aromatic nitrogens is 2. The summed E-state index contributed by atoms with van der Waals surface area (Å²) < 4.78 is 17.9. The second-order valence-electron chi connectivity index (χ2n) is 4.01. The van der Waals surface area contributed by atoms with Crippen LogP contribution in [0.2, 0.25) is 0 Å². The first-order chi connectivity index (χ1) is 8.61. The number of nitrogens with zero attached hydrogens (tertiary/aromatic N) is 2. The molecule has 0 radical (unpaired) electrons. The third-order valence-electron chi connectivity index (χ3n) is 2.60. The van der Waals surface area contributed by atoms with Crippen LogP contribution >= 0.6 is 0 Å². The minimum absolute atomic E-state index is 0.124. The van der Waals surface area contributed by atoms with Crippen molar-refractivity contribution in [3.8, 4) is 11.4 Å². The highest BCUT2D eigenvalue weighted by atomic mass is 19.1. The van der Waals surface area contributed by atoms with Crippen molar-refractivity contribution in [2.24, 2.45) is 5.73 Å². The average Bonchev–Trinajstić information content (AvgIpc) is 2.78. The third kappa shape index (κ3) is 2.55. The molecule has 0 unspecified atom stereocenters. The SMILES string of the molecule is Cc1cc(F)ccc1-c1noc([C@@H](O)CCN)n1. The highest BCUT2D eigenvalue weighted by molar-refractivity contribution is 5.59. The molecular formula is C12H14FN3O2. The zero-order valence-electron chi connectivity index (χ0n) is 9.93. The maximum absolute atomic E-state index is 13.0. The van der Waals surface area contributed by atoms with Crippen molar-refractivity contribution in [2.45, 2.75) is 19.4 Å². The van der Waals surface area contributed by atoms with Crippen LogP contribution in [0.1, 0.15) is 24.0 Å². The molecule has 5 nitrogen and oxygen atoms in total. The van der Waals surface area contributed by atoms with Crippen LogP contribution < -0.4 is 5.73 Å². The molecule has 3 N–H and O–H groups in total. The van der Waals surface area contributed by atoms with E-state index >= 15 is 0 Å². The Bertz CT molecular complexity index is 542. The van der Waals surface area contributed by atoms with Gasteiger partial charge in [-0.2, -0.15) is 4.98 Å². The van der Waals surface area contributed by atoms with Crippen molar-refractivity contribution in [3.05, 3.63) is 35.5 Å². The summed E-state index contributed by atoms with van der Waals surface area (Å²) in [6, 6.07) is 4.30. The van der Waals surface area contributed by atoms with Gasteiger partial charge in [0.15, 0.2) is 0 Å². The molecule has 0 spiro atoms. The Balaban J connectivity index is 2.29. The Kier molecular flexibility index (Phi) is 3.69. The van der Waals surface area contributed by atoms with E-state index in [-0.39, 0.29) is 11.7 Å². The van der Waals surface area contributed by atoms with E-state index in [9.17, 15) is 9.50 Å². The molecule has 0 amide bonds. The minimum atomic E-state index is -0.864. The maximum atomic E-state index is 13.0. The Morgan fingerprint density at radius 2 is 2.28 bits per heavy atom. The summed E-state index contributed by atoms with van der Waals surface area (Å²) in [6.07, 6.45) is -0.513. The molecule has 0 fully saturated rings. The molecule has 1 aromatic heterocycles. The van der Waals surface area contributed by atoms with Gasteiger partial charge in [0.1, 0.15) is 11.9 Å². The van der Waals surface area contributed by atoms with Crippen LogP contribution in [0.5, 0.6) is 0 Å². The van der Waals surface area contributed by atoms with Crippen molar-refractivity contribution >= 4 is 0 Å². The average molecular weight is 251 g/mol. The number of hydrogen-bond donors (Lipinski definition) is 2. The number of aryl methyl sites for hydroxylation is 1. The van der Waals surface area contributed by atoms with Gasteiger partial charge >= 0.3 is 0 Å². The monoisotopic (exact) mass is 251 g/mol. The third-order valence-corrected chi connectivity index (χ3v) is 2.60. The van der Waals surface area contributed by atoms with Crippen LogP contribution in [-0.4, -0.2) is 21.8 Å². The van der Waals surface area contributed by atoms with Crippen molar-refractivity contribution in [1.82, 2.24) is 10.1 Å². The van der Waals surface area contributed by atoms with Gasteiger partial charge in [0, 0.05) is 5.56 Å². The van der Waals surface area contributed by atoms with E-state index in [0.29, 0.717) is 29.9 Å². The zero-order valence-corrected chi connectivity index (χ0v) is 9.93. The molecule has 0 aliphatic heterocycles. The van der Waals surface area contributed by atoms with Crippen molar-refractivity contribution in [1.29, 1.82) is 0 Å². The summed E-state index contributed by atoms with van der Waals surface area (Å²) in [5.74, 6) is 0.140. The summed E-state index contributed by atoms with van der Waals surface area (Å²) in [5.41, 5.74) is 6.71. The smallest absolute Gasteiger partial charge is 0.255 e. The molecule has 0 saturated carbocycles. The number of aliphatic hydroxyl groups is 1. The lowest BCUT2D eigenvalue weighted by atomic mass is 10.1. The number of benzene rings is 1. The number of halogens is 1. The predicted octanol–water partition coefficient (Wildman–Crippen LogP) is 1.57. The first-order valence-corrected chi connectivity index (χ1v) is 5.60. The molecule has 1 heterocycles. The van der Waals surface area contributed by atoms with E-state index in [1.54, 1.807) is 13.0 Å². The van der Waals surface area contributed by atoms with E-state index in [4.69, 9.17) is 10.3 Å². The van der Waals surface area contributed by atoms with E-state index in [0.717, 1.165) is 0 Å². The van der Waals surface area contributed by atoms with Gasteiger partial charge in [-0.15, -0.1) is 0 Å². The molecule has 18 heavy (non-hydrogen) atoms. The maximum Gasteiger partial charge on any atom is 0.255 e. The zero-order chi connectivity index (χ0) is 13.1. The Hall–Kier alpha value is -1.79. The normalized spacial score (nSPS) is 12.7. The molecule has 2 rings (SSSR count). The predicted molar refractivity (Wildman–Crippen MR) is 63.1 cm³/mol. The number of hydrogen-bond acceptors (Lipinski definition) is 5. The molecule has 1 atom stereocenters. The molecule has 96 valence electrons. The first kappa shape index (κ1) is 12.7. The minimum Gasteiger partial charge on any atom is -0.383 e. The molecule has 1 aromatic carbocycles. The number of rotatable bonds is 4. The fourth-order valence-corrected chi connectivity index (χ4v) is 1.64. The van der Waals surface area contributed by atoms with Gasteiger partial charge in [-0.3, -0.25) is 0 Å². The summed E-state index contributed by atoms with van der Waals surface area (Å²) in [6.45, 7) is 2.08. The van der Waals surface area contributed by atoms with Gasteiger partial charge in [-0.05, 0) is 43.7 Å². The van der Waals surface area contributed by atoms with E-state index in [1.165, 1.54) is 12.1 Å². The van der Waals surface area contributed by atoms with Gasteiger partial charge in [0.2, 0.25) is 5.82 Å². The molecular weight excluding hydrogens is 237 g/mol. The summed E-state index contributed by atoms with van der Waals surface area (Å²) in [4.78, 5) is 4.08. The fourth-order valence-electron chi connectivity index (χ4n) is 1.64. The van der Waals surface area contributed by atoms with Crippen LogP contribution in [0, 0.1) is 12.7 Å². The van der Waals surface area contributed by atoms with Gasteiger partial charge in [-0.1, -0.05) is 5.16 Å². The topological polar surface area (TPSA) is 85.2 Å². The Morgan fingerprint density at radius 1 is 1.50 bits per heavy atom. The van der Waals surface area contributed by atoms with Crippen LogP contribution in [0.4, 0.5) is 4.39 Å². The summed E-state index contributed by atoms with van der Waals surface area (Å²) in [5, 5.41) is 13.4. The standard InChI is InChI=1S/C12H14FN3O2/c1-7-6-8(13)2-3-9(7)11-15-12(18-16-11)10(17)4-5-14/h2-3,6,10,17H,4-5,14H2,1H3/t10-/m0/s1. The van der Waals surface area contributed by atoms with Crippen LogP contribution in [-0.2, 0) is 0 Å². The first-order valence-electron chi connectivity index (χ1n) is 5.60. The highest BCUT2D eigenvalue weighted by Gasteiger charge is 2.17. The van der Waals surface area contributed by atoms with Gasteiger partial charge in [0.05, 0.1) is 0 Å². The lowest BCUT2D eigenvalue weighted by Gasteiger charge is -2.01. The number of aliphatic hydroxyl groups excluding tert-OH is 1. The summed E-state index contributed by atoms with van der Waals surface area (Å²) >= 11 is 0. The summed E-state index contributed by atoms with van der Waals surface area (Å²) in [7, 11) is 0. The van der Waals surface area contributed by atoms with Crippen molar-refractivity contribution < 1.29 is 14.0 Å². The second-order valence-corrected chi connectivity index (χ2v) is 4.01. The van der Waals surface area contributed by atoms with Crippen LogP contribution in [0.15, 0.2) is 22.7 Å². The van der Waals surface area contributed by atoms with Gasteiger partial charge < -0.3 is 15.4 Å². The molecule has 0 saturated heterocycles. The van der Waals surface area contributed by atoms with Crippen LogP contribution in [0.25, 0.3) is 11.4 Å². The lowest BCUT2D eigenvalue weighted by Crippen LogP contribution is -2.06. The van der Waals surface area contributed by atoms with E-state index < -0.39 is 6.10 Å². The molecule has 2 aromatic rings. The van der Waals surface area contributed by atoms with E-state index in [1.807, 2.05) is 0 Å². The Labute approximate surface area is 103 Å². The lowest BCUT2D eigenvalue weighted by molar-refractivity contribution is 0.127. The number of nitrogens with two attached hydrogens (primary N) is 1. The van der Waals surface area contributed by atoms with Crippen molar-refractivity contribution in [2.75, 3.05) is 6.54 Å². The van der Waals surface area contributed by atoms with Gasteiger partial charge in [0.25, 0.3) is 5.89 Å². The van der Waals surface area contributed by atoms with E-state index in [2.05, 4.69) is 10.1 Å². The largest absolute Gasteiger partial charge is 0.383 e. The molecule has 0 aliphatic rings. The second kappa shape index (κ2) is 5.24. The molecule has 6 heteroatoms. The Morgan fingerprint density at radius 3 is 2.94 bits per heavy atom. The molecule has 0 aliphatic carbocycles. The van der Waals surface area contributed by atoms with Gasteiger partial charge in [-0.25, -0.2) is 4.39 Å². The highest BCUT2D eigenvalue weighted by Crippen LogP contribution is 2.23.